The van der Waals surface area contributed by atoms with Crippen molar-refractivity contribution in [2.75, 3.05) is 31.2 Å². The quantitative estimate of drug-likeness (QED) is 0.801. The third kappa shape index (κ3) is 4.72. The number of amides is 1. The third-order valence-corrected chi connectivity index (χ3v) is 4.98. The molecule has 0 spiro atoms. The molecule has 0 bridgehead atoms. The number of benzene rings is 1. The second kappa shape index (κ2) is 7.84. The fourth-order valence-corrected chi connectivity index (χ4v) is 3.61. The lowest BCUT2D eigenvalue weighted by Crippen LogP contribution is -2.41. The number of rotatable bonds is 6. The molecule has 2 fully saturated rings. The van der Waals surface area contributed by atoms with E-state index in [9.17, 15) is 9.59 Å². The molecule has 1 amide bonds. The minimum absolute atomic E-state index is 0.193. The largest absolute Gasteiger partial charge is 0.454 e. The van der Waals surface area contributed by atoms with Gasteiger partial charge in [-0.15, -0.1) is 0 Å². The summed E-state index contributed by atoms with van der Waals surface area (Å²) < 4.78 is 5.30. The molecule has 1 saturated carbocycles. The van der Waals surface area contributed by atoms with Gasteiger partial charge in [0.2, 0.25) is 0 Å². The van der Waals surface area contributed by atoms with E-state index in [0.29, 0.717) is 0 Å². The summed E-state index contributed by atoms with van der Waals surface area (Å²) in [5, 5.41) is 2.83. The van der Waals surface area contributed by atoms with Gasteiger partial charge in [-0.1, -0.05) is 30.3 Å². The maximum atomic E-state index is 12.6. The lowest BCUT2D eigenvalue weighted by Gasteiger charge is -2.33. The van der Waals surface area contributed by atoms with Gasteiger partial charge >= 0.3 is 5.97 Å². The standard InChI is InChI=1S/C17H22N2O3S/c20-15(18-14-6-7-14)12-22-17(21)16(13-4-2-1-3-5-13)19-8-10-23-11-9-19/h1-5,14,16H,6-12H2,(H,18,20)/t16-/m1/s1. The van der Waals surface area contributed by atoms with Crippen LogP contribution >= 0.6 is 11.8 Å². The predicted octanol–water partition coefficient (Wildman–Crippen LogP) is 1.60. The van der Waals surface area contributed by atoms with E-state index in [-0.39, 0.29) is 24.5 Å². The van der Waals surface area contributed by atoms with Crippen LogP contribution in [-0.2, 0) is 14.3 Å². The van der Waals surface area contributed by atoms with Gasteiger partial charge in [-0.05, 0) is 18.4 Å². The number of esters is 1. The van der Waals surface area contributed by atoms with Crippen molar-refractivity contribution in [2.24, 2.45) is 0 Å². The first-order valence-electron chi connectivity index (χ1n) is 8.07. The molecule has 1 aromatic rings. The molecule has 124 valence electrons. The first-order valence-corrected chi connectivity index (χ1v) is 9.22. The van der Waals surface area contributed by atoms with E-state index in [2.05, 4.69) is 10.2 Å². The zero-order valence-electron chi connectivity index (χ0n) is 13.1. The number of thioether (sulfide) groups is 1. The lowest BCUT2D eigenvalue weighted by molar-refractivity contribution is -0.154. The Hall–Kier alpha value is -1.53. The van der Waals surface area contributed by atoms with Gasteiger partial charge in [0.25, 0.3) is 5.91 Å². The van der Waals surface area contributed by atoms with Crippen molar-refractivity contribution in [3.05, 3.63) is 35.9 Å². The molecule has 0 aromatic heterocycles. The molecule has 5 nitrogen and oxygen atoms in total. The maximum absolute atomic E-state index is 12.6. The Labute approximate surface area is 140 Å². The molecule has 0 radical (unpaired) electrons. The summed E-state index contributed by atoms with van der Waals surface area (Å²) >= 11 is 1.90. The number of ether oxygens (including phenoxy) is 1. The fourth-order valence-electron chi connectivity index (χ4n) is 2.68. The van der Waals surface area contributed by atoms with Crippen LogP contribution in [0.4, 0.5) is 0 Å². The van der Waals surface area contributed by atoms with Crippen molar-refractivity contribution >= 4 is 23.6 Å². The monoisotopic (exact) mass is 334 g/mol. The van der Waals surface area contributed by atoms with Gasteiger partial charge in [-0.25, -0.2) is 4.79 Å². The van der Waals surface area contributed by atoms with Crippen LogP contribution in [0.25, 0.3) is 0 Å². The highest BCUT2D eigenvalue weighted by Crippen LogP contribution is 2.25. The summed E-state index contributed by atoms with van der Waals surface area (Å²) in [6.45, 7) is 1.52. The second-order valence-electron chi connectivity index (χ2n) is 5.91. The SMILES string of the molecule is O=C(COC(=O)[C@@H](c1ccccc1)N1CCSCC1)NC1CC1. The third-order valence-electron chi connectivity index (χ3n) is 4.04. The zero-order valence-corrected chi connectivity index (χ0v) is 13.9. The van der Waals surface area contributed by atoms with Crippen molar-refractivity contribution < 1.29 is 14.3 Å². The summed E-state index contributed by atoms with van der Waals surface area (Å²) in [4.78, 5) is 26.5. The molecular formula is C17H22N2O3S. The summed E-state index contributed by atoms with van der Waals surface area (Å²) in [7, 11) is 0. The Bertz CT molecular complexity index is 542. The van der Waals surface area contributed by atoms with Crippen LogP contribution in [0.15, 0.2) is 30.3 Å². The van der Waals surface area contributed by atoms with Gasteiger partial charge in [-0.2, -0.15) is 11.8 Å². The fraction of sp³-hybridized carbons (Fsp3) is 0.529. The van der Waals surface area contributed by atoms with Crippen molar-refractivity contribution in [1.82, 2.24) is 10.2 Å². The minimum atomic E-state index is -0.425. The van der Waals surface area contributed by atoms with Gasteiger partial charge in [0.1, 0.15) is 6.04 Å². The number of carbonyl (C=O) groups excluding carboxylic acids is 2. The average Bonchev–Trinajstić information content (AvgIpc) is 3.39. The second-order valence-corrected chi connectivity index (χ2v) is 7.14. The topological polar surface area (TPSA) is 58.6 Å². The van der Waals surface area contributed by atoms with E-state index in [0.717, 1.165) is 43.0 Å². The number of carbonyl (C=O) groups is 2. The van der Waals surface area contributed by atoms with Crippen LogP contribution in [0.2, 0.25) is 0 Å². The van der Waals surface area contributed by atoms with Gasteiger partial charge in [0, 0.05) is 30.6 Å². The van der Waals surface area contributed by atoms with Crippen molar-refractivity contribution in [3.8, 4) is 0 Å². The average molecular weight is 334 g/mol. The Morgan fingerprint density at radius 2 is 1.91 bits per heavy atom. The van der Waals surface area contributed by atoms with Crippen molar-refractivity contribution in [3.63, 3.8) is 0 Å². The molecule has 1 aromatic carbocycles. The van der Waals surface area contributed by atoms with E-state index in [4.69, 9.17) is 4.74 Å². The Balaban J connectivity index is 1.63. The number of nitrogens with zero attached hydrogens (tertiary/aromatic N) is 1. The Morgan fingerprint density at radius 3 is 2.57 bits per heavy atom. The summed E-state index contributed by atoms with van der Waals surface area (Å²) in [5.74, 6) is 1.48. The summed E-state index contributed by atoms with van der Waals surface area (Å²) in [5.41, 5.74) is 0.923. The first-order chi connectivity index (χ1) is 11.2. The van der Waals surface area contributed by atoms with E-state index in [1.807, 2.05) is 42.1 Å². The molecule has 1 N–H and O–H groups in total. The number of hydrogen-bond donors (Lipinski definition) is 1. The zero-order chi connectivity index (χ0) is 16.1. The van der Waals surface area contributed by atoms with Crippen LogP contribution in [0, 0.1) is 0 Å². The van der Waals surface area contributed by atoms with E-state index < -0.39 is 6.04 Å². The van der Waals surface area contributed by atoms with Crippen molar-refractivity contribution in [1.29, 1.82) is 0 Å². The Morgan fingerprint density at radius 1 is 1.22 bits per heavy atom. The molecular weight excluding hydrogens is 312 g/mol. The molecule has 23 heavy (non-hydrogen) atoms. The highest BCUT2D eigenvalue weighted by atomic mass is 32.2. The first kappa shape index (κ1) is 16.3. The van der Waals surface area contributed by atoms with Crippen LogP contribution < -0.4 is 5.32 Å². The summed E-state index contributed by atoms with van der Waals surface area (Å²) in [6, 6.07) is 9.52. The molecule has 3 rings (SSSR count). The molecule has 1 heterocycles. The molecule has 2 aliphatic rings. The molecule has 1 aliphatic heterocycles. The van der Waals surface area contributed by atoms with Crippen LogP contribution in [0.3, 0.4) is 0 Å². The maximum Gasteiger partial charge on any atom is 0.328 e. The molecule has 0 unspecified atom stereocenters. The van der Waals surface area contributed by atoms with E-state index >= 15 is 0 Å². The molecule has 1 aliphatic carbocycles. The lowest BCUT2D eigenvalue weighted by atomic mass is 10.1. The highest BCUT2D eigenvalue weighted by molar-refractivity contribution is 7.99. The summed E-state index contributed by atoms with van der Waals surface area (Å²) in [6.07, 6.45) is 2.05. The normalized spacial score (nSPS) is 19.8. The number of nitrogens with one attached hydrogen (secondary N) is 1. The molecule has 6 heteroatoms. The smallest absolute Gasteiger partial charge is 0.328 e. The molecule has 1 atom stereocenters. The van der Waals surface area contributed by atoms with Gasteiger partial charge in [0.05, 0.1) is 0 Å². The molecule has 1 saturated heterocycles. The Kier molecular flexibility index (Phi) is 5.56. The van der Waals surface area contributed by atoms with Gasteiger partial charge in [-0.3, -0.25) is 9.69 Å². The predicted molar refractivity (Wildman–Crippen MR) is 90.2 cm³/mol. The van der Waals surface area contributed by atoms with Crippen LogP contribution in [0.5, 0.6) is 0 Å². The van der Waals surface area contributed by atoms with Crippen LogP contribution in [0.1, 0.15) is 24.4 Å². The number of hydrogen-bond acceptors (Lipinski definition) is 5. The van der Waals surface area contributed by atoms with Gasteiger partial charge < -0.3 is 10.1 Å². The van der Waals surface area contributed by atoms with Crippen LogP contribution in [-0.4, -0.2) is 54.0 Å². The van der Waals surface area contributed by atoms with E-state index in [1.165, 1.54) is 0 Å². The highest BCUT2D eigenvalue weighted by Gasteiger charge is 2.31. The van der Waals surface area contributed by atoms with Crippen molar-refractivity contribution in [2.45, 2.75) is 24.9 Å². The minimum Gasteiger partial charge on any atom is -0.454 e. The van der Waals surface area contributed by atoms with Gasteiger partial charge in [0.15, 0.2) is 6.61 Å². The van der Waals surface area contributed by atoms with E-state index in [1.54, 1.807) is 0 Å².